The monoisotopic (exact) mass is 298 g/mol. The minimum Gasteiger partial charge on any atom is -0.508 e. The van der Waals surface area contributed by atoms with Crippen molar-refractivity contribution in [1.29, 1.82) is 0 Å². The fourth-order valence-electron chi connectivity index (χ4n) is 1.62. The average molecular weight is 298 g/mol. The van der Waals surface area contributed by atoms with Gasteiger partial charge < -0.3 is 5.11 Å². The summed E-state index contributed by atoms with van der Waals surface area (Å²) in [4.78, 5) is 4.17. The molecule has 0 saturated carbocycles. The Bertz CT molecular complexity index is 639. The van der Waals surface area contributed by atoms with Gasteiger partial charge in [0.25, 0.3) is 0 Å². The largest absolute Gasteiger partial charge is 0.508 e. The predicted octanol–water partition coefficient (Wildman–Crippen LogP) is 2.28. The number of hydrogen-bond donors (Lipinski definition) is 2. The zero-order valence-corrected chi connectivity index (χ0v) is 11.9. The van der Waals surface area contributed by atoms with E-state index in [9.17, 15) is 13.5 Å². The molecule has 102 valence electrons. The van der Waals surface area contributed by atoms with Gasteiger partial charge in [-0.05, 0) is 24.6 Å². The summed E-state index contributed by atoms with van der Waals surface area (Å²) in [7, 11) is -3.66. The highest BCUT2D eigenvalue weighted by Gasteiger charge is 2.21. The van der Waals surface area contributed by atoms with Crippen LogP contribution in [0.1, 0.15) is 24.4 Å². The van der Waals surface area contributed by atoms with Crippen LogP contribution in [0.15, 0.2) is 40.7 Å². The highest BCUT2D eigenvalue weighted by Crippen LogP contribution is 2.23. The summed E-state index contributed by atoms with van der Waals surface area (Å²) in [5, 5.41) is 11.9. The van der Waals surface area contributed by atoms with Crippen LogP contribution in [0.2, 0.25) is 0 Å². The summed E-state index contributed by atoms with van der Waals surface area (Å²) in [6, 6.07) is 5.23. The van der Waals surface area contributed by atoms with Gasteiger partial charge in [-0.2, -0.15) is 0 Å². The van der Waals surface area contributed by atoms with Gasteiger partial charge in [-0.3, -0.25) is 0 Å². The number of rotatable bonds is 5. The summed E-state index contributed by atoms with van der Waals surface area (Å²) in [5.74, 6) is -0.0785. The Morgan fingerprint density at radius 1 is 1.47 bits per heavy atom. The minimum absolute atomic E-state index is 0.0440. The van der Waals surface area contributed by atoms with Crippen LogP contribution in [0.4, 0.5) is 0 Å². The molecule has 0 aliphatic carbocycles. The summed E-state index contributed by atoms with van der Waals surface area (Å²) < 4.78 is 27.0. The molecule has 1 atom stereocenters. The van der Waals surface area contributed by atoms with Crippen LogP contribution in [0.25, 0.3) is 0 Å². The topological polar surface area (TPSA) is 79.3 Å². The number of thiazole rings is 1. The van der Waals surface area contributed by atoms with E-state index in [0.29, 0.717) is 6.42 Å². The third-order valence-corrected chi connectivity index (χ3v) is 4.94. The zero-order valence-electron chi connectivity index (χ0n) is 10.3. The zero-order chi connectivity index (χ0) is 13.9. The summed E-state index contributed by atoms with van der Waals surface area (Å²) in [6.07, 6.45) is 2.25. The van der Waals surface area contributed by atoms with Crippen molar-refractivity contribution in [2.24, 2.45) is 0 Å². The lowest BCUT2D eigenvalue weighted by Gasteiger charge is -2.14. The van der Waals surface area contributed by atoms with Gasteiger partial charge in [0.2, 0.25) is 10.0 Å². The quantitative estimate of drug-likeness (QED) is 0.887. The number of aromatic hydroxyl groups is 1. The standard InChI is InChI=1S/C12H14N2O3S2/c1-2-11(12-13-6-7-18-12)14-19(16,17)10-5-3-4-9(15)8-10/h3-8,11,14-15H,2H2,1H3. The first-order valence-electron chi connectivity index (χ1n) is 5.73. The maximum absolute atomic E-state index is 12.2. The molecule has 19 heavy (non-hydrogen) atoms. The Labute approximate surface area is 116 Å². The maximum atomic E-state index is 12.2. The number of hydrogen-bond acceptors (Lipinski definition) is 5. The van der Waals surface area contributed by atoms with Crippen LogP contribution in [0.3, 0.4) is 0 Å². The molecule has 5 nitrogen and oxygen atoms in total. The molecule has 0 aliphatic rings. The number of phenolic OH excluding ortho intramolecular Hbond substituents is 1. The molecule has 0 saturated heterocycles. The molecule has 2 aromatic rings. The fourth-order valence-corrected chi connectivity index (χ4v) is 3.79. The molecule has 1 heterocycles. The summed E-state index contributed by atoms with van der Waals surface area (Å²) >= 11 is 1.41. The predicted molar refractivity (Wildman–Crippen MR) is 73.6 cm³/mol. The Kier molecular flexibility index (Phi) is 4.18. The number of nitrogens with one attached hydrogen (secondary N) is 1. The molecular weight excluding hydrogens is 284 g/mol. The Morgan fingerprint density at radius 2 is 2.26 bits per heavy atom. The lowest BCUT2D eigenvalue weighted by molar-refractivity contribution is 0.472. The van der Waals surface area contributed by atoms with Gasteiger partial charge in [0, 0.05) is 11.6 Å². The van der Waals surface area contributed by atoms with E-state index in [1.807, 2.05) is 6.92 Å². The van der Waals surface area contributed by atoms with Crippen LogP contribution in [-0.4, -0.2) is 18.5 Å². The van der Waals surface area contributed by atoms with Gasteiger partial charge in [0.15, 0.2) is 0 Å². The van der Waals surface area contributed by atoms with Crippen molar-refractivity contribution in [2.75, 3.05) is 0 Å². The first-order valence-corrected chi connectivity index (χ1v) is 8.10. The second-order valence-corrected chi connectivity index (χ2v) is 6.59. The Balaban J connectivity index is 2.26. The van der Waals surface area contributed by atoms with Crippen LogP contribution in [-0.2, 0) is 10.0 Å². The average Bonchev–Trinajstić information content (AvgIpc) is 2.90. The second-order valence-electron chi connectivity index (χ2n) is 3.95. The van der Waals surface area contributed by atoms with E-state index in [2.05, 4.69) is 9.71 Å². The van der Waals surface area contributed by atoms with Crippen LogP contribution >= 0.6 is 11.3 Å². The van der Waals surface area contributed by atoms with Gasteiger partial charge in [-0.1, -0.05) is 13.0 Å². The third-order valence-electron chi connectivity index (χ3n) is 2.58. The number of nitrogens with zero attached hydrogens (tertiary/aromatic N) is 1. The van der Waals surface area contributed by atoms with Crippen molar-refractivity contribution >= 4 is 21.4 Å². The third kappa shape index (κ3) is 3.31. The van der Waals surface area contributed by atoms with Crippen molar-refractivity contribution in [3.8, 4) is 5.75 Å². The molecule has 0 aliphatic heterocycles. The number of phenols is 1. The molecular formula is C12H14N2O3S2. The first-order chi connectivity index (χ1) is 9.03. The molecule has 2 N–H and O–H groups in total. The van der Waals surface area contributed by atoms with E-state index in [1.165, 1.54) is 35.6 Å². The van der Waals surface area contributed by atoms with Gasteiger partial charge in [0.1, 0.15) is 10.8 Å². The second kappa shape index (κ2) is 5.68. The van der Waals surface area contributed by atoms with Gasteiger partial charge >= 0.3 is 0 Å². The number of benzene rings is 1. The minimum atomic E-state index is -3.66. The molecule has 1 aromatic carbocycles. The van der Waals surface area contributed by atoms with Crippen LogP contribution in [0, 0.1) is 0 Å². The van der Waals surface area contributed by atoms with Crippen molar-refractivity contribution in [3.05, 3.63) is 40.8 Å². The smallest absolute Gasteiger partial charge is 0.241 e. The highest BCUT2D eigenvalue weighted by molar-refractivity contribution is 7.89. The van der Waals surface area contributed by atoms with Gasteiger partial charge in [0.05, 0.1) is 10.9 Å². The molecule has 1 unspecified atom stereocenters. The van der Waals surface area contributed by atoms with Crippen LogP contribution < -0.4 is 4.72 Å². The van der Waals surface area contributed by atoms with E-state index >= 15 is 0 Å². The SMILES string of the molecule is CCC(NS(=O)(=O)c1cccc(O)c1)c1nccs1. The lowest BCUT2D eigenvalue weighted by atomic mass is 10.3. The summed E-state index contributed by atoms with van der Waals surface area (Å²) in [5.41, 5.74) is 0. The van der Waals surface area contributed by atoms with E-state index in [1.54, 1.807) is 11.6 Å². The van der Waals surface area contributed by atoms with Crippen molar-refractivity contribution < 1.29 is 13.5 Å². The molecule has 2 rings (SSSR count). The Hall–Kier alpha value is -1.44. The van der Waals surface area contributed by atoms with Crippen molar-refractivity contribution in [2.45, 2.75) is 24.3 Å². The fraction of sp³-hybridized carbons (Fsp3) is 0.250. The maximum Gasteiger partial charge on any atom is 0.241 e. The van der Waals surface area contributed by atoms with E-state index in [4.69, 9.17) is 0 Å². The van der Waals surface area contributed by atoms with Gasteiger partial charge in [-0.25, -0.2) is 18.1 Å². The molecule has 0 bridgehead atoms. The van der Waals surface area contributed by atoms with E-state index < -0.39 is 10.0 Å². The van der Waals surface area contributed by atoms with Crippen LogP contribution in [0.5, 0.6) is 5.75 Å². The molecule has 7 heteroatoms. The molecule has 1 aromatic heterocycles. The summed E-state index contributed by atoms with van der Waals surface area (Å²) in [6.45, 7) is 1.89. The normalized spacial score (nSPS) is 13.3. The van der Waals surface area contributed by atoms with E-state index in [-0.39, 0.29) is 16.7 Å². The first kappa shape index (κ1) is 14.0. The van der Waals surface area contributed by atoms with Gasteiger partial charge in [-0.15, -0.1) is 11.3 Å². The highest BCUT2D eigenvalue weighted by atomic mass is 32.2. The molecule has 0 spiro atoms. The molecule has 0 fully saturated rings. The lowest BCUT2D eigenvalue weighted by Crippen LogP contribution is -2.28. The van der Waals surface area contributed by atoms with Crippen molar-refractivity contribution in [3.63, 3.8) is 0 Å². The number of sulfonamides is 1. The number of aromatic nitrogens is 1. The van der Waals surface area contributed by atoms with Crippen molar-refractivity contribution in [1.82, 2.24) is 9.71 Å². The molecule has 0 radical (unpaired) electrons. The molecule has 0 amide bonds. The van der Waals surface area contributed by atoms with E-state index in [0.717, 1.165) is 5.01 Å². The Morgan fingerprint density at radius 3 is 2.84 bits per heavy atom.